The number of nitrogens with one attached hydrogen (secondary N) is 1. The van der Waals surface area contributed by atoms with E-state index >= 15 is 0 Å². The fourth-order valence-corrected chi connectivity index (χ4v) is 1.33. The van der Waals surface area contributed by atoms with Gasteiger partial charge in [0.25, 0.3) is 5.56 Å². The average Bonchev–Trinajstić information content (AvgIpc) is 2.33. The lowest BCUT2D eigenvalue weighted by Gasteiger charge is -1.95. The van der Waals surface area contributed by atoms with Crippen LogP contribution in [0.1, 0.15) is 11.1 Å². The summed E-state index contributed by atoms with van der Waals surface area (Å²) in [5, 5.41) is 0.131. The smallest absolute Gasteiger partial charge is 0.254 e. The molecule has 62 valence electrons. The Morgan fingerprint density at radius 3 is 3.17 bits per heavy atom. The van der Waals surface area contributed by atoms with E-state index in [-0.39, 0.29) is 22.8 Å². The Bertz CT molecular complexity index is 424. The molecule has 0 atom stereocenters. The predicted octanol–water partition coefficient (Wildman–Crippen LogP) is 1.26. The van der Waals surface area contributed by atoms with Crippen molar-refractivity contribution in [1.82, 2.24) is 4.98 Å². The van der Waals surface area contributed by atoms with E-state index in [0.29, 0.717) is 5.56 Å². The van der Waals surface area contributed by atoms with Gasteiger partial charge in [0.15, 0.2) is 0 Å². The number of aromatic nitrogens is 1. The maximum Gasteiger partial charge on any atom is 0.254 e. The van der Waals surface area contributed by atoms with E-state index in [9.17, 15) is 9.18 Å². The summed E-state index contributed by atoms with van der Waals surface area (Å²) in [5.74, 6) is -0.613. The van der Waals surface area contributed by atoms with Gasteiger partial charge < -0.3 is 4.98 Å². The number of hydrogen-bond donors (Lipinski definition) is 1. The second-order valence-corrected chi connectivity index (χ2v) is 2.85. The van der Waals surface area contributed by atoms with Crippen LogP contribution in [0, 0.1) is 0 Å². The Morgan fingerprint density at radius 1 is 1.67 bits per heavy atom. The van der Waals surface area contributed by atoms with E-state index in [4.69, 9.17) is 11.6 Å². The Balaban J connectivity index is 2.75. The van der Waals surface area contributed by atoms with Crippen molar-refractivity contribution in [1.29, 1.82) is 0 Å². The van der Waals surface area contributed by atoms with Crippen molar-refractivity contribution in [3.63, 3.8) is 0 Å². The van der Waals surface area contributed by atoms with Gasteiger partial charge in [-0.25, -0.2) is 0 Å². The Hall–Kier alpha value is -1.16. The van der Waals surface area contributed by atoms with Gasteiger partial charge in [0.2, 0.25) is 5.97 Å². The van der Waals surface area contributed by atoms with Crippen LogP contribution in [0.3, 0.4) is 0 Å². The molecule has 0 aromatic carbocycles. The molecule has 1 aromatic rings. The summed E-state index contributed by atoms with van der Waals surface area (Å²) < 4.78 is 12.8. The first-order chi connectivity index (χ1) is 5.68. The fourth-order valence-electron chi connectivity index (χ4n) is 1.13. The molecule has 2 heterocycles. The van der Waals surface area contributed by atoms with Gasteiger partial charge in [0.05, 0.1) is 12.1 Å². The van der Waals surface area contributed by atoms with Crippen LogP contribution in [-0.2, 0) is 6.54 Å². The van der Waals surface area contributed by atoms with E-state index in [1.807, 2.05) is 0 Å². The molecular formula is C7H4ClFN2O. The lowest BCUT2D eigenvalue weighted by Crippen LogP contribution is -2.13. The van der Waals surface area contributed by atoms with Crippen LogP contribution in [0.25, 0.3) is 0 Å². The highest BCUT2D eigenvalue weighted by atomic mass is 35.5. The first-order valence-electron chi connectivity index (χ1n) is 3.30. The lowest BCUT2D eigenvalue weighted by molar-refractivity contribution is 0.805. The van der Waals surface area contributed by atoms with Gasteiger partial charge in [-0.2, -0.15) is 4.39 Å². The molecule has 0 amide bonds. The largest absolute Gasteiger partial charge is 0.313 e. The minimum Gasteiger partial charge on any atom is -0.313 e. The molecule has 1 aliphatic heterocycles. The minimum absolute atomic E-state index is 0.105. The number of hydrogen-bond acceptors (Lipinski definition) is 2. The molecule has 0 spiro atoms. The highest BCUT2D eigenvalue weighted by Gasteiger charge is 2.18. The summed E-state index contributed by atoms with van der Waals surface area (Å²) in [6.45, 7) is 0.105. The molecule has 12 heavy (non-hydrogen) atoms. The number of H-pyrrole nitrogens is 1. The third kappa shape index (κ3) is 0.956. The zero-order valence-corrected chi connectivity index (χ0v) is 6.65. The average molecular weight is 187 g/mol. The summed E-state index contributed by atoms with van der Waals surface area (Å²) in [5.41, 5.74) is 0.189. The summed E-state index contributed by atoms with van der Waals surface area (Å²) in [7, 11) is 0. The van der Waals surface area contributed by atoms with E-state index < -0.39 is 5.97 Å². The zero-order valence-electron chi connectivity index (χ0n) is 5.90. The number of aromatic amines is 1. The van der Waals surface area contributed by atoms with Crippen LogP contribution < -0.4 is 5.56 Å². The molecule has 3 nitrogen and oxygen atoms in total. The van der Waals surface area contributed by atoms with Crippen molar-refractivity contribution in [3.8, 4) is 0 Å². The van der Waals surface area contributed by atoms with Crippen molar-refractivity contribution in [2.45, 2.75) is 6.54 Å². The van der Waals surface area contributed by atoms with Crippen LogP contribution in [0.15, 0.2) is 15.9 Å². The SMILES string of the molecule is O=c1[nH]c(Cl)cc2c1CN=C2F. The van der Waals surface area contributed by atoms with Gasteiger partial charge in [-0.05, 0) is 6.07 Å². The third-order valence-electron chi connectivity index (χ3n) is 1.70. The number of rotatable bonds is 0. The van der Waals surface area contributed by atoms with Crippen LogP contribution in [-0.4, -0.2) is 10.9 Å². The standard InChI is InChI=1S/C7H4ClFN2O/c8-5-1-3-4(7(12)11-5)2-10-6(3)9/h1H,2H2,(H,11,12). The van der Waals surface area contributed by atoms with E-state index in [2.05, 4.69) is 9.98 Å². The third-order valence-corrected chi connectivity index (χ3v) is 1.91. The molecule has 1 aromatic heterocycles. The molecule has 0 aliphatic carbocycles. The first-order valence-corrected chi connectivity index (χ1v) is 3.68. The number of pyridine rings is 1. The van der Waals surface area contributed by atoms with Gasteiger partial charge in [-0.3, -0.25) is 9.79 Å². The van der Waals surface area contributed by atoms with E-state index in [1.165, 1.54) is 6.07 Å². The molecule has 0 bridgehead atoms. The number of halogens is 2. The Morgan fingerprint density at radius 2 is 2.42 bits per heavy atom. The van der Waals surface area contributed by atoms with Crippen molar-refractivity contribution >= 4 is 17.6 Å². The molecule has 0 fully saturated rings. The minimum atomic E-state index is -0.613. The molecular weight excluding hydrogens is 183 g/mol. The monoisotopic (exact) mass is 186 g/mol. The fraction of sp³-hybridized carbons (Fsp3) is 0.143. The molecule has 1 aliphatic rings. The van der Waals surface area contributed by atoms with Crippen LogP contribution >= 0.6 is 11.6 Å². The number of aliphatic imine (C=N–C) groups is 1. The quantitative estimate of drug-likeness (QED) is 0.609. The van der Waals surface area contributed by atoms with Crippen LogP contribution in [0.5, 0.6) is 0 Å². The van der Waals surface area contributed by atoms with Crippen molar-refractivity contribution in [2.75, 3.05) is 0 Å². The number of fused-ring (bicyclic) bond motifs is 1. The second-order valence-electron chi connectivity index (χ2n) is 2.45. The van der Waals surface area contributed by atoms with Gasteiger partial charge in [-0.1, -0.05) is 11.6 Å². The molecule has 0 saturated carbocycles. The Labute approximate surface area is 71.9 Å². The second kappa shape index (κ2) is 2.42. The summed E-state index contributed by atoms with van der Waals surface area (Å²) in [6, 6.07) is 1.37. The van der Waals surface area contributed by atoms with Gasteiger partial charge in [-0.15, -0.1) is 0 Å². The molecule has 5 heteroatoms. The first kappa shape index (κ1) is 7.49. The van der Waals surface area contributed by atoms with Gasteiger partial charge in [0, 0.05) is 5.56 Å². The Kier molecular flexibility index (Phi) is 1.51. The highest BCUT2D eigenvalue weighted by molar-refractivity contribution is 6.29. The van der Waals surface area contributed by atoms with Crippen molar-refractivity contribution in [3.05, 3.63) is 32.7 Å². The number of nitrogens with zero attached hydrogens (tertiary/aromatic N) is 1. The maximum absolute atomic E-state index is 12.8. The van der Waals surface area contributed by atoms with Crippen molar-refractivity contribution < 1.29 is 4.39 Å². The summed E-state index contributed by atoms with van der Waals surface area (Å²) in [6.07, 6.45) is 0. The molecule has 0 radical (unpaired) electrons. The molecule has 0 saturated heterocycles. The summed E-state index contributed by atoms with van der Waals surface area (Å²) >= 11 is 5.52. The lowest BCUT2D eigenvalue weighted by atomic mass is 10.2. The molecule has 0 unspecified atom stereocenters. The van der Waals surface area contributed by atoms with Crippen molar-refractivity contribution in [2.24, 2.45) is 4.99 Å². The van der Waals surface area contributed by atoms with E-state index in [0.717, 1.165) is 0 Å². The van der Waals surface area contributed by atoms with E-state index in [1.54, 1.807) is 0 Å². The topological polar surface area (TPSA) is 45.2 Å². The van der Waals surface area contributed by atoms with Gasteiger partial charge >= 0.3 is 0 Å². The highest BCUT2D eigenvalue weighted by Crippen LogP contribution is 2.17. The predicted molar refractivity (Wildman–Crippen MR) is 43.4 cm³/mol. The van der Waals surface area contributed by atoms with Crippen LogP contribution in [0.4, 0.5) is 4.39 Å². The van der Waals surface area contributed by atoms with Gasteiger partial charge in [0.1, 0.15) is 5.15 Å². The molecule has 2 rings (SSSR count). The summed E-state index contributed by atoms with van der Waals surface area (Å²) in [4.78, 5) is 16.9. The van der Waals surface area contributed by atoms with Crippen LogP contribution in [0.2, 0.25) is 5.15 Å². The zero-order chi connectivity index (χ0) is 8.72. The normalized spacial score (nSPS) is 14.3. The molecule has 1 N–H and O–H groups in total. The maximum atomic E-state index is 12.8.